The predicted octanol–water partition coefficient (Wildman–Crippen LogP) is 4.29. The molecule has 1 amide bonds. The number of ether oxygens (including phenoxy) is 2. The van der Waals surface area contributed by atoms with Crippen molar-refractivity contribution in [1.82, 2.24) is 19.7 Å². The number of carbonyl (C=O) groups excluding carboxylic acids is 1. The van der Waals surface area contributed by atoms with E-state index in [0.29, 0.717) is 34.2 Å². The summed E-state index contributed by atoms with van der Waals surface area (Å²) in [4.78, 5) is 18.0. The highest BCUT2D eigenvalue weighted by molar-refractivity contribution is 8.00. The van der Waals surface area contributed by atoms with Crippen LogP contribution in [0.2, 0.25) is 0 Å². The van der Waals surface area contributed by atoms with Crippen molar-refractivity contribution in [3.05, 3.63) is 40.2 Å². The molecule has 0 aliphatic heterocycles. The quantitative estimate of drug-likeness (QED) is 0.475. The molecular weight excluding hydrogens is 434 g/mol. The van der Waals surface area contributed by atoms with Crippen molar-refractivity contribution in [3.63, 3.8) is 0 Å². The smallest absolute Gasteiger partial charge is 0.239 e. The zero-order chi connectivity index (χ0) is 22.5. The molecule has 166 valence electrons. The van der Waals surface area contributed by atoms with Gasteiger partial charge in [0.1, 0.15) is 6.61 Å². The van der Waals surface area contributed by atoms with E-state index in [0.717, 1.165) is 16.1 Å². The molecular formula is C21H27N5O3S2. The van der Waals surface area contributed by atoms with Gasteiger partial charge in [-0.2, -0.15) is 0 Å². The average Bonchev–Trinajstić information content (AvgIpc) is 3.22. The van der Waals surface area contributed by atoms with E-state index in [1.165, 1.54) is 23.1 Å². The van der Waals surface area contributed by atoms with Gasteiger partial charge in [-0.3, -0.25) is 4.79 Å². The normalized spacial score (nSPS) is 11.9. The van der Waals surface area contributed by atoms with E-state index in [2.05, 4.69) is 20.5 Å². The Morgan fingerprint density at radius 3 is 2.68 bits per heavy atom. The van der Waals surface area contributed by atoms with Crippen molar-refractivity contribution in [1.29, 1.82) is 0 Å². The van der Waals surface area contributed by atoms with Crippen molar-refractivity contribution in [2.24, 2.45) is 7.05 Å². The minimum absolute atomic E-state index is 0.124. The fraction of sp³-hybridized carbons (Fsp3) is 0.429. The highest BCUT2D eigenvalue weighted by atomic mass is 32.2. The second kappa shape index (κ2) is 10.1. The number of benzene rings is 1. The second-order valence-corrected chi connectivity index (χ2v) is 9.55. The molecule has 0 saturated heterocycles. The van der Waals surface area contributed by atoms with Gasteiger partial charge in [0.2, 0.25) is 5.91 Å². The summed E-state index contributed by atoms with van der Waals surface area (Å²) < 4.78 is 13.4. The van der Waals surface area contributed by atoms with Crippen LogP contribution in [0, 0.1) is 20.8 Å². The number of thiazole rings is 1. The molecule has 0 spiro atoms. The number of carbonyl (C=O) groups is 1. The van der Waals surface area contributed by atoms with Crippen LogP contribution in [-0.4, -0.2) is 37.5 Å². The van der Waals surface area contributed by atoms with Crippen LogP contribution in [0.25, 0.3) is 0 Å². The number of aromatic nitrogens is 4. The molecule has 0 radical (unpaired) electrons. The van der Waals surface area contributed by atoms with Crippen LogP contribution in [0.5, 0.6) is 11.5 Å². The van der Waals surface area contributed by atoms with Crippen molar-refractivity contribution in [2.75, 3.05) is 11.9 Å². The molecule has 3 aromatic rings. The number of hydrogen-bond donors (Lipinski definition) is 1. The van der Waals surface area contributed by atoms with Gasteiger partial charge in [-0.1, -0.05) is 17.8 Å². The zero-order valence-corrected chi connectivity index (χ0v) is 20.2. The molecule has 2 aromatic heterocycles. The molecule has 0 aliphatic rings. The number of thioether (sulfide) groups is 1. The van der Waals surface area contributed by atoms with E-state index in [1.54, 1.807) is 0 Å². The SMILES string of the molecule is CCOc1cc(C)ccc1OCc1nnc(SC(C)C(=O)Nc2nc(C)c(C)s2)n1C. The molecule has 0 aliphatic carbocycles. The Kier molecular flexibility index (Phi) is 7.55. The number of hydrogen-bond acceptors (Lipinski definition) is 8. The highest BCUT2D eigenvalue weighted by Gasteiger charge is 2.20. The van der Waals surface area contributed by atoms with Crippen LogP contribution in [0.3, 0.4) is 0 Å². The van der Waals surface area contributed by atoms with Gasteiger partial charge in [-0.25, -0.2) is 4.98 Å². The minimum Gasteiger partial charge on any atom is -0.490 e. The predicted molar refractivity (Wildman–Crippen MR) is 123 cm³/mol. The molecule has 1 unspecified atom stereocenters. The van der Waals surface area contributed by atoms with E-state index in [-0.39, 0.29) is 17.8 Å². The first kappa shape index (κ1) is 23.1. The number of nitrogens with one attached hydrogen (secondary N) is 1. The van der Waals surface area contributed by atoms with E-state index < -0.39 is 0 Å². The summed E-state index contributed by atoms with van der Waals surface area (Å²) >= 11 is 2.81. The fourth-order valence-corrected chi connectivity index (χ4v) is 4.31. The second-order valence-electron chi connectivity index (χ2n) is 7.04. The largest absolute Gasteiger partial charge is 0.490 e. The molecule has 1 atom stereocenters. The first-order chi connectivity index (χ1) is 14.8. The van der Waals surface area contributed by atoms with Crippen LogP contribution in [0.4, 0.5) is 5.13 Å². The number of rotatable bonds is 9. The maximum absolute atomic E-state index is 12.5. The summed E-state index contributed by atoms with van der Waals surface area (Å²) in [5, 5.41) is 12.2. The summed E-state index contributed by atoms with van der Waals surface area (Å²) in [6.45, 7) is 10.5. The van der Waals surface area contributed by atoms with Crippen LogP contribution >= 0.6 is 23.1 Å². The Labute approximate surface area is 190 Å². The van der Waals surface area contributed by atoms with Gasteiger partial charge in [0.25, 0.3) is 0 Å². The summed E-state index contributed by atoms with van der Waals surface area (Å²) in [5.41, 5.74) is 2.03. The Bertz CT molecular complexity index is 1040. The third kappa shape index (κ3) is 5.76. The van der Waals surface area contributed by atoms with Crippen LogP contribution in [-0.2, 0) is 18.4 Å². The van der Waals surface area contributed by atoms with Gasteiger partial charge in [0, 0.05) is 11.9 Å². The van der Waals surface area contributed by atoms with Crippen molar-refractivity contribution in [3.8, 4) is 11.5 Å². The van der Waals surface area contributed by atoms with Gasteiger partial charge in [0.05, 0.1) is 17.6 Å². The van der Waals surface area contributed by atoms with Crippen molar-refractivity contribution < 1.29 is 14.3 Å². The lowest BCUT2D eigenvalue weighted by Crippen LogP contribution is -2.22. The lowest BCUT2D eigenvalue weighted by atomic mass is 10.2. The Hall–Kier alpha value is -2.59. The first-order valence-electron chi connectivity index (χ1n) is 9.94. The summed E-state index contributed by atoms with van der Waals surface area (Å²) in [5.74, 6) is 1.90. The average molecular weight is 462 g/mol. The topological polar surface area (TPSA) is 91.2 Å². The molecule has 0 saturated carbocycles. The maximum Gasteiger partial charge on any atom is 0.239 e. The lowest BCUT2D eigenvalue weighted by Gasteiger charge is -2.13. The first-order valence-corrected chi connectivity index (χ1v) is 11.6. The van der Waals surface area contributed by atoms with E-state index in [9.17, 15) is 4.79 Å². The molecule has 1 N–H and O–H groups in total. The van der Waals surface area contributed by atoms with Gasteiger partial charge in [0.15, 0.2) is 27.6 Å². The summed E-state index contributed by atoms with van der Waals surface area (Å²) in [6, 6.07) is 5.81. The number of aryl methyl sites for hydroxylation is 3. The monoisotopic (exact) mass is 461 g/mol. The number of nitrogens with zero attached hydrogens (tertiary/aromatic N) is 4. The van der Waals surface area contributed by atoms with Crippen LogP contribution in [0.1, 0.15) is 35.8 Å². The Morgan fingerprint density at radius 1 is 1.23 bits per heavy atom. The van der Waals surface area contributed by atoms with Crippen LogP contribution in [0.15, 0.2) is 23.4 Å². The fourth-order valence-electron chi connectivity index (χ4n) is 2.66. The van der Waals surface area contributed by atoms with Gasteiger partial charge < -0.3 is 19.4 Å². The van der Waals surface area contributed by atoms with E-state index in [1.807, 2.05) is 64.4 Å². The maximum atomic E-state index is 12.5. The minimum atomic E-state index is -0.358. The Balaban J connectivity index is 1.61. The summed E-state index contributed by atoms with van der Waals surface area (Å²) in [7, 11) is 1.86. The van der Waals surface area contributed by atoms with Gasteiger partial charge in [-0.05, 0) is 52.3 Å². The van der Waals surface area contributed by atoms with E-state index >= 15 is 0 Å². The lowest BCUT2D eigenvalue weighted by molar-refractivity contribution is -0.115. The summed E-state index contributed by atoms with van der Waals surface area (Å²) in [6.07, 6.45) is 0. The molecule has 10 heteroatoms. The molecule has 31 heavy (non-hydrogen) atoms. The van der Waals surface area contributed by atoms with Gasteiger partial charge >= 0.3 is 0 Å². The number of anilines is 1. The molecule has 3 rings (SSSR count). The third-order valence-electron chi connectivity index (χ3n) is 4.59. The van der Waals surface area contributed by atoms with Crippen molar-refractivity contribution >= 4 is 34.1 Å². The molecule has 8 nitrogen and oxygen atoms in total. The zero-order valence-electron chi connectivity index (χ0n) is 18.6. The molecule has 0 fully saturated rings. The highest BCUT2D eigenvalue weighted by Crippen LogP contribution is 2.29. The number of amides is 1. The molecule has 1 aromatic carbocycles. The van der Waals surface area contributed by atoms with Gasteiger partial charge in [-0.15, -0.1) is 21.5 Å². The standard InChI is InChI=1S/C21H27N5O3S2/c1-7-28-17-10-12(2)8-9-16(17)29-11-18-24-25-21(26(18)6)31-15(5)19(27)23-20-22-13(3)14(4)30-20/h8-10,15H,7,11H2,1-6H3,(H,22,23,27). The molecule has 0 bridgehead atoms. The van der Waals surface area contributed by atoms with Crippen molar-refractivity contribution in [2.45, 2.75) is 51.6 Å². The third-order valence-corrected chi connectivity index (χ3v) is 6.71. The Morgan fingerprint density at radius 2 is 2.00 bits per heavy atom. The molecule has 2 heterocycles. The van der Waals surface area contributed by atoms with E-state index in [4.69, 9.17) is 9.47 Å². The van der Waals surface area contributed by atoms with Crippen LogP contribution < -0.4 is 14.8 Å².